The molecule has 6 nitrogen and oxygen atoms in total. The predicted octanol–water partition coefficient (Wildman–Crippen LogP) is 1.64. The molecule has 1 unspecified atom stereocenters. The number of nitrogens with zero attached hydrogens (tertiary/aromatic N) is 4. The number of anilines is 1. The third kappa shape index (κ3) is 3.47. The largest absolute Gasteiger partial charge is 0.385 e. The maximum Gasteiger partial charge on any atom is 0.146 e. The molecular weight excluding hydrogens is 249 g/mol. The van der Waals surface area contributed by atoms with Crippen LogP contribution in [0.3, 0.4) is 0 Å². The molecule has 19 heavy (non-hydrogen) atoms. The van der Waals surface area contributed by atoms with E-state index in [1.807, 2.05) is 6.92 Å². The number of tetrazole rings is 1. The van der Waals surface area contributed by atoms with Crippen molar-refractivity contribution in [2.24, 2.45) is 0 Å². The van der Waals surface area contributed by atoms with E-state index in [1.54, 1.807) is 19.2 Å². The Labute approximate surface area is 110 Å². The number of rotatable bonds is 6. The summed E-state index contributed by atoms with van der Waals surface area (Å²) in [6.45, 7) is 2.60. The van der Waals surface area contributed by atoms with Crippen LogP contribution in [-0.2, 0) is 4.74 Å². The Morgan fingerprint density at radius 3 is 3.00 bits per heavy atom. The minimum absolute atomic E-state index is 0.110. The summed E-state index contributed by atoms with van der Waals surface area (Å²) in [5.41, 5.74) is 1.13. The van der Waals surface area contributed by atoms with Crippen molar-refractivity contribution in [3.8, 4) is 5.69 Å². The lowest BCUT2D eigenvalue weighted by atomic mass is 10.2. The second-order valence-corrected chi connectivity index (χ2v) is 4.25. The lowest BCUT2D eigenvalue weighted by Crippen LogP contribution is -2.18. The summed E-state index contributed by atoms with van der Waals surface area (Å²) in [6.07, 6.45) is 2.26. The molecule has 1 aromatic carbocycles. The van der Waals surface area contributed by atoms with Crippen LogP contribution in [0.2, 0.25) is 0 Å². The molecule has 0 spiro atoms. The molecule has 7 heteroatoms. The van der Waals surface area contributed by atoms with Crippen LogP contribution in [-0.4, -0.2) is 40.0 Å². The van der Waals surface area contributed by atoms with Gasteiger partial charge in [-0.2, -0.15) is 0 Å². The number of methoxy groups -OCH3 is 1. The second-order valence-electron chi connectivity index (χ2n) is 4.25. The lowest BCUT2D eigenvalue weighted by molar-refractivity contribution is 0.191. The summed E-state index contributed by atoms with van der Waals surface area (Å²) in [4.78, 5) is 0. The van der Waals surface area contributed by atoms with Crippen LogP contribution < -0.4 is 5.32 Å². The average Bonchev–Trinajstić information content (AvgIpc) is 2.93. The second kappa shape index (κ2) is 6.24. The van der Waals surface area contributed by atoms with Gasteiger partial charge in [-0.3, -0.25) is 0 Å². The van der Waals surface area contributed by atoms with E-state index in [0.717, 1.165) is 6.42 Å². The van der Waals surface area contributed by atoms with Crippen LogP contribution in [0, 0.1) is 5.82 Å². The van der Waals surface area contributed by atoms with Crippen LogP contribution in [0.25, 0.3) is 5.69 Å². The van der Waals surface area contributed by atoms with Crippen molar-refractivity contribution in [1.29, 1.82) is 0 Å². The van der Waals surface area contributed by atoms with Gasteiger partial charge in [0.1, 0.15) is 12.1 Å². The molecule has 1 N–H and O–H groups in total. The zero-order chi connectivity index (χ0) is 13.7. The highest BCUT2D eigenvalue weighted by Gasteiger charge is 2.09. The van der Waals surface area contributed by atoms with Gasteiger partial charge in [-0.25, -0.2) is 9.07 Å². The van der Waals surface area contributed by atoms with Gasteiger partial charge in [0.2, 0.25) is 0 Å². The highest BCUT2D eigenvalue weighted by Crippen LogP contribution is 2.19. The smallest absolute Gasteiger partial charge is 0.146 e. The summed E-state index contributed by atoms with van der Waals surface area (Å²) >= 11 is 0. The van der Waals surface area contributed by atoms with Crippen molar-refractivity contribution >= 4 is 5.69 Å². The monoisotopic (exact) mass is 265 g/mol. The molecule has 0 saturated carbocycles. The minimum atomic E-state index is -0.305. The molecule has 0 bridgehead atoms. The SMILES string of the molecule is COCCC(C)Nc1cc(-n2cnnn2)ccc1F. The molecule has 0 aliphatic heterocycles. The summed E-state index contributed by atoms with van der Waals surface area (Å²) in [7, 11) is 1.64. The van der Waals surface area contributed by atoms with Crippen molar-refractivity contribution < 1.29 is 9.13 Å². The first kappa shape index (κ1) is 13.4. The number of nitrogens with one attached hydrogen (secondary N) is 1. The summed E-state index contributed by atoms with van der Waals surface area (Å²) in [6, 6.07) is 4.80. The Morgan fingerprint density at radius 1 is 1.47 bits per heavy atom. The van der Waals surface area contributed by atoms with E-state index < -0.39 is 0 Å². The van der Waals surface area contributed by atoms with Crippen molar-refractivity contribution in [2.75, 3.05) is 19.0 Å². The van der Waals surface area contributed by atoms with Crippen LogP contribution in [0.1, 0.15) is 13.3 Å². The fraction of sp³-hybridized carbons (Fsp3) is 0.417. The molecule has 2 aromatic rings. The Bertz CT molecular complexity index is 517. The van der Waals surface area contributed by atoms with E-state index in [4.69, 9.17) is 4.74 Å². The Kier molecular flexibility index (Phi) is 4.40. The first-order chi connectivity index (χ1) is 9.20. The molecule has 0 fully saturated rings. The molecular formula is C12H16FN5O. The van der Waals surface area contributed by atoms with Crippen LogP contribution in [0.4, 0.5) is 10.1 Å². The van der Waals surface area contributed by atoms with E-state index in [9.17, 15) is 4.39 Å². The molecule has 1 heterocycles. The van der Waals surface area contributed by atoms with E-state index >= 15 is 0 Å². The molecule has 2 rings (SSSR count). The quantitative estimate of drug-likeness (QED) is 0.860. The molecule has 0 aliphatic rings. The van der Waals surface area contributed by atoms with Gasteiger partial charge in [0.25, 0.3) is 0 Å². The van der Waals surface area contributed by atoms with E-state index in [-0.39, 0.29) is 11.9 Å². The van der Waals surface area contributed by atoms with E-state index in [1.165, 1.54) is 17.1 Å². The molecule has 0 aliphatic carbocycles. The Balaban J connectivity index is 2.13. The number of aromatic nitrogens is 4. The molecule has 1 aromatic heterocycles. The average molecular weight is 265 g/mol. The van der Waals surface area contributed by atoms with Crippen molar-refractivity contribution in [3.05, 3.63) is 30.3 Å². The van der Waals surface area contributed by atoms with Gasteiger partial charge in [0.05, 0.1) is 11.4 Å². The first-order valence-corrected chi connectivity index (χ1v) is 5.99. The van der Waals surface area contributed by atoms with Crippen LogP contribution >= 0.6 is 0 Å². The summed E-state index contributed by atoms with van der Waals surface area (Å²) in [5, 5.41) is 14.0. The van der Waals surface area contributed by atoms with Crippen molar-refractivity contribution in [1.82, 2.24) is 20.2 Å². The third-order valence-electron chi connectivity index (χ3n) is 2.72. The fourth-order valence-electron chi connectivity index (χ4n) is 1.68. The number of hydrogen-bond donors (Lipinski definition) is 1. The third-order valence-corrected chi connectivity index (χ3v) is 2.72. The number of benzene rings is 1. The lowest BCUT2D eigenvalue weighted by Gasteiger charge is -2.16. The highest BCUT2D eigenvalue weighted by atomic mass is 19.1. The van der Waals surface area contributed by atoms with Crippen molar-refractivity contribution in [3.63, 3.8) is 0 Å². The number of hydrogen-bond acceptors (Lipinski definition) is 5. The zero-order valence-electron chi connectivity index (χ0n) is 10.9. The fourth-order valence-corrected chi connectivity index (χ4v) is 1.68. The van der Waals surface area contributed by atoms with Crippen LogP contribution in [0.15, 0.2) is 24.5 Å². The molecule has 0 radical (unpaired) electrons. The predicted molar refractivity (Wildman–Crippen MR) is 68.7 cm³/mol. The van der Waals surface area contributed by atoms with Gasteiger partial charge in [-0.1, -0.05) is 0 Å². The first-order valence-electron chi connectivity index (χ1n) is 5.99. The van der Waals surface area contributed by atoms with Gasteiger partial charge < -0.3 is 10.1 Å². The summed E-state index contributed by atoms with van der Waals surface area (Å²) in [5.74, 6) is -0.305. The van der Waals surface area contributed by atoms with Gasteiger partial charge in [-0.05, 0) is 42.0 Å². The Morgan fingerprint density at radius 2 is 2.32 bits per heavy atom. The van der Waals surface area contributed by atoms with Crippen LogP contribution in [0.5, 0.6) is 0 Å². The molecule has 1 atom stereocenters. The Hall–Kier alpha value is -2.02. The number of halogens is 1. The highest BCUT2D eigenvalue weighted by molar-refractivity contribution is 5.52. The molecule has 102 valence electrons. The van der Waals surface area contributed by atoms with Gasteiger partial charge >= 0.3 is 0 Å². The number of ether oxygens (including phenoxy) is 1. The maximum absolute atomic E-state index is 13.7. The molecule has 0 amide bonds. The maximum atomic E-state index is 13.7. The van der Waals surface area contributed by atoms with E-state index in [2.05, 4.69) is 20.8 Å². The van der Waals surface area contributed by atoms with E-state index in [0.29, 0.717) is 18.0 Å². The van der Waals surface area contributed by atoms with Gasteiger partial charge in [0, 0.05) is 19.8 Å². The van der Waals surface area contributed by atoms with Crippen molar-refractivity contribution in [2.45, 2.75) is 19.4 Å². The molecule has 0 saturated heterocycles. The topological polar surface area (TPSA) is 64.9 Å². The minimum Gasteiger partial charge on any atom is -0.385 e. The zero-order valence-corrected chi connectivity index (χ0v) is 10.9. The van der Waals surface area contributed by atoms with Gasteiger partial charge in [-0.15, -0.1) is 5.10 Å². The normalized spacial score (nSPS) is 12.4. The standard InChI is InChI=1S/C12H16FN5O/c1-9(5-6-19-2)15-12-7-10(3-4-11(12)13)18-8-14-16-17-18/h3-4,7-9,15H,5-6H2,1-2H3. The van der Waals surface area contributed by atoms with Gasteiger partial charge in [0.15, 0.2) is 0 Å². The summed E-state index contributed by atoms with van der Waals surface area (Å²) < 4.78 is 20.2.